The maximum atomic E-state index is 10.7. The van der Waals surface area contributed by atoms with Crippen LogP contribution in [-0.4, -0.2) is 24.8 Å². The molecule has 0 aromatic heterocycles. The Morgan fingerprint density at radius 2 is 2.28 bits per heavy atom. The van der Waals surface area contributed by atoms with Crippen molar-refractivity contribution in [3.8, 4) is 5.75 Å². The van der Waals surface area contributed by atoms with Crippen LogP contribution < -0.4 is 10.1 Å². The van der Waals surface area contributed by atoms with Crippen LogP contribution in [0.15, 0.2) is 24.3 Å². The van der Waals surface area contributed by atoms with Crippen molar-refractivity contribution in [2.24, 2.45) is 0 Å². The molecular formula is C15H23NO2. The summed E-state index contributed by atoms with van der Waals surface area (Å²) in [5.41, 5.74) is 0.123. The third kappa shape index (κ3) is 3.24. The van der Waals surface area contributed by atoms with E-state index < -0.39 is 5.60 Å². The van der Waals surface area contributed by atoms with Gasteiger partial charge in [0.1, 0.15) is 5.75 Å². The number of aliphatic hydroxyl groups is 1. The largest absolute Gasteiger partial charge is 0.497 e. The van der Waals surface area contributed by atoms with Gasteiger partial charge in [0.2, 0.25) is 0 Å². The van der Waals surface area contributed by atoms with Gasteiger partial charge in [-0.1, -0.05) is 18.6 Å². The first-order valence-electron chi connectivity index (χ1n) is 6.72. The van der Waals surface area contributed by atoms with Crippen molar-refractivity contribution in [1.29, 1.82) is 0 Å². The summed E-state index contributed by atoms with van der Waals surface area (Å²) in [6.07, 6.45) is 4.41. The van der Waals surface area contributed by atoms with Crippen LogP contribution in [0, 0.1) is 0 Å². The SMILES string of the molecule is COc1cccc(C(C)(O)CC2CCCCN2)c1. The number of piperidine rings is 1. The molecule has 2 unspecified atom stereocenters. The highest BCUT2D eigenvalue weighted by Gasteiger charge is 2.28. The van der Waals surface area contributed by atoms with Crippen LogP contribution in [0.4, 0.5) is 0 Å². The molecule has 2 N–H and O–H groups in total. The van der Waals surface area contributed by atoms with Crippen molar-refractivity contribution in [3.05, 3.63) is 29.8 Å². The first-order chi connectivity index (χ1) is 8.62. The van der Waals surface area contributed by atoms with Crippen LogP contribution in [0.3, 0.4) is 0 Å². The second-order valence-corrected chi connectivity index (χ2v) is 5.36. The lowest BCUT2D eigenvalue weighted by Gasteiger charge is -2.32. The molecule has 3 heteroatoms. The third-order valence-electron chi connectivity index (χ3n) is 3.75. The molecule has 0 amide bonds. The zero-order valence-electron chi connectivity index (χ0n) is 11.3. The number of hydrogen-bond acceptors (Lipinski definition) is 3. The lowest BCUT2D eigenvalue weighted by atomic mass is 9.86. The van der Waals surface area contributed by atoms with E-state index in [0.717, 1.165) is 30.7 Å². The average Bonchev–Trinajstić information content (AvgIpc) is 2.39. The molecule has 0 bridgehead atoms. The van der Waals surface area contributed by atoms with Gasteiger partial charge in [-0.05, 0) is 50.4 Å². The zero-order chi connectivity index (χ0) is 13.0. The van der Waals surface area contributed by atoms with Crippen LogP contribution in [0.25, 0.3) is 0 Å². The van der Waals surface area contributed by atoms with Gasteiger partial charge in [0.25, 0.3) is 0 Å². The first-order valence-corrected chi connectivity index (χ1v) is 6.72. The van der Waals surface area contributed by atoms with Crippen molar-refractivity contribution in [2.75, 3.05) is 13.7 Å². The predicted molar refractivity (Wildman–Crippen MR) is 72.8 cm³/mol. The van der Waals surface area contributed by atoms with Gasteiger partial charge < -0.3 is 15.2 Å². The van der Waals surface area contributed by atoms with Gasteiger partial charge in [-0.2, -0.15) is 0 Å². The highest BCUT2D eigenvalue weighted by Crippen LogP contribution is 2.30. The molecule has 0 aliphatic carbocycles. The molecule has 3 nitrogen and oxygen atoms in total. The van der Waals surface area contributed by atoms with Gasteiger partial charge in [-0.3, -0.25) is 0 Å². The van der Waals surface area contributed by atoms with E-state index in [2.05, 4.69) is 5.32 Å². The lowest BCUT2D eigenvalue weighted by Crippen LogP contribution is -2.39. The fourth-order valence-corrected chi connectivity index (χ4v) is 2.65. The number of methoxy groups -OCH3 is 1. The van der Waals surface area contributed by atoms with E-state index in [-0.39, 0.29) is 0 Å². The Kier molecular flexibility index (Phi) is 4.25. The van der Waals surface area contributed by atoms with Crippen LogP contribution in [0.5, 0.6) is 5.75 Å². The Balaban J connectivity index is 2.08. The number of rotatable bonds is 4. The normalized spacial score (nSPS) is 23.4. The minimum Gasteiger partial charge on any atom is -0.497 e. The molecule has 0 spiro atoms. The van der Waals surface area contributed by atoms with Crippen LogP contribution >= 0.6 is 0 Å². The second kappa shape index (κ2) is 5.72. The molecule has 0 saturated carbocycles. The molecule has 100 valence electrons. The number of hydrogen-bond donors (Lipinski definition) is 2. The summed E-state index contributed by atoms with van der Waals surface area (Å²) in [6, 6.07) is 8.13. The maximum absolute atomic E-state index is 10.7. The van der Waals surface area contributed by atoms with Gasteiger partial charge in [0.15, 0.2) is 0 Å². The van der Waals surface area contributed by atoms with Crippen LogP contribution in [0.1, 0.15) is 38.2 Å². The number of nitrogens with one attached hydrogen (secondary N) is 1. The average molecular weight is 249 g/mol. The molecule has 1 heterocycles. The standard InChI is InChI=1S/C15H23NO2/c1-15(17,11-13-7-3-4-9-16-13)12-6-5-8-14(10-12)18-2/h5-6,8,10,13,16-17H,3-4,7,9,11H2,1-2H3. The summed E-state index contributed by atoms with van der Waals surface area (Å²) in [6.45, 7) is 2.96. The van der Waals surface area contributed by atoms with Crippen molar-refractivity contribution in [1.82, 2.24) is 5.32 Å². The Bertz CT molecular complexity index is 384. The molecule has 2 rings (SSSR count). The van der Waals surface area contributed by atoms with E-state index in [1.54, 1.807) is 7.11 Å². The minimum atomic E-state index is -0.802. The van der Waals surface area contributed by atoms with E-state index in [9.17, 15) is 5.11 Å². The topological polar surface area (TPSA) is 41.5 Å². The van der Waals surface area contributed by atoms with E-state index in [1.165, 1.54) is 12.8 Å². The van der Waals surface area contributed by atoms with E-state index >= 15 is 0 Å². The van der Waals surface area contributed by atoms with Crippen molar-refractivity contribution < 1.29 is 9.84 Å². The molecule has 1 aliphatic rings. The quantitative estimate of drug-likeness (QED) is 0.861. The Hall–Kier alpha value is -1.06. The summed E-state index contributed by atoms with van der Waals surface area (Å²) in [7, 11) is 1.65. The summed E-state index contributed by atoms with van der Waals surface area (Å²) < 4.78 is 5.21. The fraction of sp³-hybridized carbons (Fsp3) is 0.600. The van der Waals surface area contributed by atoms with Crippen molar-refractivity contribution >= 4 is 0 Å². The summed E-state index contributed by atoms with van der Waals surface area (Å²) in [4.78, 5) is 0. The van der Waals surface area contributed by atoms with Gasteiger partial charge in [0.05, 0.1) is 12.7 Å². The molecule has 0 radical (unpaired) electrons. The highest BCUT2D eigenvalue weighted by molar-refractivity contribution is 5.32. The summed E-state index contributed by atoms with van der Waals surface area (Å²) in [5, 5.41) is 14.1. The van der Waals surface area contributed by atoms with Gasteiger partial charge in [0, 0.05) is 6.04 Å². The minimum absolute atomic E-state index is 0.417. The Labute approximate surface area is 109 Å². The molecule has 1 saturated heterocycles. The highest BCUT2D eigenvalue weighted by atomic mass is 16.5. The predicted octanol–water partition coefficient (Wildman–Crippen LogP) is 2.43. The zero-order valence-corrected chi connectivity index (χ0v) is 11.3. The summed E-state index contributed by atoms with van der Waals surface area (Å²) in [5.74, 6) is 0.796. The van der Waals surface area contributed by atoms with Gasteiger partial charge in [-0.25, -0.2) is 0 Å². The monoisotopic (exact) mass is 249 g/mol. The Morgan fingerprint density at radius 3 is 2.94 bits per heavy atom. The molecular weight excluding hydrogens is 226 g/mol. The maximum Gasteiger partial charge on any atom is 0.119 e. The van der Waals surface area contributed by atoms with Crippen molar-refractivity contribution in [3.63, 3.8) is 0 Å². The molecule has 1 fully saturated rings. The van der Waals surface area contributed by atoms with E-state index in [4.69, 9.17) is 4.74 Å². The lowest BCUT2D eigenvalue weighted by molar-refractivity contribution is 0.0330. The van der Waals surface area contributed by atoms with Crippen LogP contribution in [0.2, 0.25) is 0 Å². The molecule has 1 aromatic rings. The van der Waals surface area contributed by atoms with E-state index in [1.807, 2.05) is 31.2 Å². The molecule has 18 heavy (non-hydrogen) atoms. The fourth-order valence-electron chi connectivity index (χ4n) is 2.65. The first kappa shape index (κ1) is 13.4. The third-order valence-corrected chi connectivity index (χ3v) is 3.75. The molecule has 2 atom stereocenters. The second-order valence-electron chi connectivity index (χ2n) is 5.36. The number of ether oxygens (including phenoxy) is 1. The van der Waals surface area contributed by atoms with Gasteiger partial charge in [-0.15, -0.1) is 0 Å². The molecule has 1 aromatic carbocycles. The van der Waals surface area contributed by atoms with E-state index in [0.29, 0.717) is 6.04 Å². The van der Waals surface area contributed by atoms with Crippen LogP contribution in [-0.2, 0) is 5.60 Å². The molecule has 1 aliphatic heterocycles. The smallest absolute Gasteiger partial charge is 0.119 e. The Morgan fingerprint density at radius 1 is 1.44 bits per heavy atom. The number of benzene rings is 1. The van der Waals surface area contributed by atoms with Crippen molar-refractivity contribution in [2.45, 2.75) is 44.2 Å². The van der Waals surface area contributed by atoms with Gasteiger partial charge >= 0.3 is 0 Å². The summed E-state index contributed by atoms with van der Waals surface area (Å²) >= 11 is 0.